The molecule has 0 spiro atoms. The van der Waals surface area contributed by atoms with Crippen LogP contribution in [0.25, 0.3) is 0 Å². The second-order valence-electron chi connectivity index (χ2n) is 12.9. The summed E-state index contributed by atoms with van der Waals surface area (Å²) < 4.78 is 24.7. The number of hydrogen-bond donors (Lipinski definition) is 5. The fourth-order valence-electron chi connectivity index (χ4n) is 6.49. The summed E-state index contributed by atoms with van der Waals surface area (Å²) >= 11 is 0. The Labute approximate surface area is 295 Å². The van der Waals surface area contributed by atoms with E-state index >= 15 is 0 Å². The number of piperidine rings is 1. The maximum atomic E-state index is 13.3. The van der Waals surface area contributed by atoms with Crippen molar-refractivity contribution in [3.8, 4) is 17.2 Å². The van der Waals surface area contributed by atoms with Crippen LogP contribution in [-0.4, -0.2) is 95.0 Å². The van der Waals surface area contributed by atoms with E-state index in [1.165, 1.54) is 13.2 Å². The van der Waals surface area contributed by atoms with E-state index in [-0.39, 0.29) is 55.4 Å². The van der Waals surface area contributed by atoms with Crippen molar-refractivity contribution in [2.24, 2.45) is 12.0 Å². The normalized spacial score (nSPS) is 21.3. The number of methoxy groups -OCH3 is 1. The van der Waals surface area contributed by atoms with E-state index in [1.807, 2.05) is 11.1 Å². The Balaban J connectivity index is 1.02. The molecule has 4 heterocycles. The number of nitrogens with two attached hydrogens (primary N) is 1. The van der Waals surface area contributed by atoms with E-state index in [0.717, 1.165) is 19.3 Å². The molecule has 3 aliphatic heterocycles. The fraction of sp³-hybridized carbons (Fsp3) is 0.444. The zero-order valence-corrected chi connectivity index (χ0v) is 28.7. The van der Waals surface area contributed by atoms with Crippen LogP contribution in [0.5, 0.6) is 17.2 Å². The first-order chi connectivity index (χ1) is 24.6. The number of benzene rings is 2. The molecule has 3 aromatic rings. The van der Waals surface area contributed by atoms with Gasteiger partial charge in [-0.1, -0.05) is 0 Å². The molecule has 51 heavy (non-hydrogen) atoms. The van der Waals surface area contributed by atoms with E-state index < -0.39 is 24.4 Å². The highest BCUT2D eigenvalue weighted by Gasteiger charge is 2.32. The molecule has 0 radical (unpaired) electrons. The number of amides is 3. The Hall–Kier alpha value is -5.12. The lowest BCUT2D eigenvalue weighted by molar-refractivity contribution is -0.184. The maximum Gasteiger partial charge on any atom is 0.272 e. The first-order valence-electron chi connectivity index (χ1n) is 17.1. The molecule has 272 valence electrons. The molecule has 6 rings (SSSR count). The number of aliphatic imine (C=N–C) groups is 1. The molecule has 15 heteroatoms. The van der Waals surface area contributed by atoms with Gasteiger partial charge in [0.05, 0.1) is 61.2 Å². The zero-order chi connectivity index (χ0) is 36.1. The van der Waals surface area contributed by atoms with Crippen LogP contribution < -0.4 is 30.6 Å². The minimum absolute atomic E-state index is 0.0150. The van der Waals surface area contributed by atoms with Gasteiger partial charge in [0.25, 0.3) is 11.8 Å². The lowest BCUT2D eigenvalue weighted by Crippen LogP contribution is -2.43. The van der Waals surface area contributed by atoms with Crippen LogP contribution in [0.3, 0.4) is 0 Å². The fourth-order valence-corrected chi connectivity index (χ4v) is 6.49. The van der Waals surface area contributed by atoms with E-state index in [9.17, 15) is 24.6 Å². The third-order valence-electron chi connectivity index (χ3n) is 9.09. The topological polar surface area (TPSA) is 199 Å². The summed E-state index contributed by atoms with van der Waals surface area (Å²) in [7, 11) is 3.20. The van der Waals surface area contributed by atoms with Gasteiger partial charge in [-0.05, 0) is 49.9 Å². The minimum Gasteiger partial charge on any atom is -0.493 e. The van der Waals surface area contributed by atoms with Gasteiger partial charge in [-0.3, -0.25) is 19.4 Å². The van der Waals surface area contributed by atoms with Crippen molar-refractivity contribution in [1.29, 1.82) is 0 Å². The van der Waals surface area contributed by atoms with Crippen molar-refractivity contribution in [1.82, 2.24) is 9.47 Å². The Morgan fingerprint density at radius 2 is 1.94 bits per heavy atom. The van der Waals surface area contributed by atoms with Gasteiger partial charge in [0.2, 0.25) is 12.2 Å². The number of nitrogens with zero attached hydrogens (tertiary/aromatic N) is 3. The summed E-state index contributed by atoms with van der Waals surface area (Å²) in [6, 6.07) is 9.66. The van der Waals surface area contributed by atoms with Crippen molar-refractivity contribution < 1.29 is 43.5 Å². The summed E-state index contributed by atoms with van der Waals surface area (Å²) in [5, 5.41) is 25.3. The number of aliphatic hydroxyl groups is 2. The van der Waals surface area contributed by atoms with Crippen LogP contribution in [0.2, 0.25) is 0 Å². The van der Waals surface area contributed by atoms with Crippen molar-refractivity contribution >= 4 is 46.7 Å². The predicted octanol–water partition coefficient (Wildman–Crippen LogP) is 3.61. The number of aromatic nitrogens is 1. The third-order valence-corrected chi connectivity index (χ3v) is 9.09. The number of fused-ring (bicyclic) bond motifs is 2. The monoisotopic (exact) mass is 704 g/mol. The number of rotatable bonds is 12. The lowest BCUT2D eigenvalue weighted by Gasteiger charge is -2.32. The number of anilines is 3. The molecule has 4 atom stereocenters. The number of aliphatic hydroxyl groups excluding tert-OH is 2. The summed E-state index contributed by atoms with van der Waals surface area (Å²) in [5.74, 6) is 0.305. The Morgan fingerprint density at radius 3 is 2.75 bits per heavy atom. The Kier molecular flexibility index (Phi) is 11.1. The number of ether oxygens (including phenoxy) is 4. The smallest absolute Gasteiger partial charge is 0.272 e. The van der Waals surface area contributed by atoms with Crippen LogP contribution in [0.4, 0.5) is 22.7 Å². The number of carbonyl (C=O) groups is 3. The molecule has 0 bridgehead atoms. The molecule has 0 saturated carbocycles. The van der Waals surface area contributed by atoms with Gasteiger partial charge in [-0.15, -0.1) is 0 Å². The highest BCUT2D eigenvalue weighted by atomic mass is 16.7. The molecule has 1 aromatic heterocycles. The average molecular weight is 705 g/mol. The molecule has 4 unspecified atom stereocenters. The van der Waals surface area contributed by atoms with Crippen LogP contribution in [0.15, 0.2) is 47.6 Å². The maximum absolute atomic E-state index is 13.3. The molecule has 0 aliphatic carbocycles. The molecular weight excluding hydrogens is 660 g/mol. The summed E-state index contributed by atoms with van der Waals surface area (Å²) in [4.78, 5) is 45.8. The van der Waals surface area contributed by atoms with Gasteiger partial charge in [-0.2, -0.15) is 0 Å². The summed E-state index contributed by atoms with van der Waals surface area (Å²) in [5.41, 5.74) is 8.40. The van der Waals surface area contributed by atoms with Gasteiger partial charge < -0.3 is 55.0 Å². The summed E-state index contributed by atoms with van der Waals surface area (Å²) in [6.45, 7) is 0.655. The van der Waals surface area contributed by atoms with Crippen LogP contribution in [0.1, 0.15) is 65.8 Å². The average Bonchev–Trinajstić information content (AvgIpc) is 3.42. The molecule has 2 fully saturated rings. The van der Waals surface area contributed by atoms with Gasteiger partial charge in [-0.25, -0.2) is 0 Å². The molecule has 3 aliphatic rings. The number of hydrogen-bond acceptors (Lipinski definition) is 11. The van der Waals surface area contributed by atoms with Gasteiger partial charge in [0, 0.05) is 63.1 Å². The van der Waals surface area contributed by atoms with Crippen molar-refractivity contribution in [3.05, 3.63) is 53.9 Å². The highest BCUT2D eigenvalue weighted by molar-refractivity contribution is 6.05. The standard InChI is InChI=1S/C36H44N6O9/c1-41-19-22(13-29(41)35(46)40-27-9-8-21(37)12-30(27)51-34-15-24(44)14-25(20-43)50-34)39-33(45)7-5-11-49-32-17-28-26(16-31(32)48-2)36(47)42-10-4-3-6-23(42)18-38-28/h8-9,12-13,16-19,23-25,34,43-44H,3-7,10-11,14-15,20,37H2,1-2H3,(H,39,45)(H,40,46). The molecule has 2 saturated heterocycles. The van der Waals surface area contributed by atoms with Crippen LogP contribution in [-0.2, 0) is 16.6 Å². The first-order valence-corrected chi connectivity index (χ1v) is 17.1. The first kappa shape index (κ1) is 35.7. The van der Waals surface area contributed by atoms with Gasteiger partial charge in [0.1, 0.15) is 11.4 Å². The molecule has 15 nitrogen and oxygen atoms in total. The largest absolute Gasteiger partial charge is 0.493 e. The van der Waals surface area contributed by atoms with Crippen molar-refractivity contribution in [2.75, 3.05) is 43.2 Å². The summed E-state index contributed by atoms with van der Waals surface area (Å²) in [6.07, 6.45) is 5.27. The zero-order valence-electron chi connectivity index (χ0n) is 28.7. The quantitative estimate of drug-likeness (QED) is 0.137. The van der Waals surface area contributed by atoms with Crippen LogP contribution >= 0.6 is 0 Å². The third kappa shape index (κ3) is 8.44. The minimum atomic E-state index is -0.849. The molecular formula is C36H44N6O9. The van der Waals surface area contributed by atoms with E-state index in [1.54, 1.807) is 48.1 Å². The number of carbonyl (C=O) groups excluding carboxylic acids is 3. The predicted molar refractivity (Wildman–Crippen MR) is 189 cm³/mol. The second kappa shape index (κ2) is 15.8. The van der Waals surface area contributed by atoms with Gasteiger partial charge in [0.15, 0.2) is 11.5 Å². The van der Waals surface area contributed by atoms with E-state index in [4.69, 9.17) is 24.7 Å². The van der Waals surface area contributed by atoms with Gasteiger partial charge >= 0.3 is 0 Å². The molecule has 3 amide bonds. The van der Waals surface area contributed by atoms with E-state index in [2.05, 4.69) is 15.6 Å². The van der Waals surface area contributed by atoms with Crippen molar-refractivity contribution in [3.63, 3.8) is 0 Å². The SMILES string of the molecule is COc1cc2c(cc1OCCCC(=O)Nc1cc(C(=O)Nc3ccc(N)cc3OC3CC(O)CC(CO)O3)n(C)c1)N=CC1CCCCN1C2=O. The highest BCUT2D eigenvalue weighted by Crippen LogP contribution is 2.38. The molecule has 2 aromatic carbocycles. The second-order valence-corrected chi connectivity index (χ2v) is 12.9. The lowest BCUT2D eigenvalue weighted by atomic mass is 10.0. The van der Waals surface area contributed by atoms with E-state index in [0.29, 0.717) is 59.2 Å². The van der Waals surface area contributed by atoms with Crippen molar-refractivity contribution in [2.45, 2.75) is 69.5 Å². The Bertz CT molecular complexity index is 1790. The number of nitrogen functional groups attached to an aromatic ring is 1. The number of aryl methyl sites for hydroxylation is 1. The number of nitrogens with one attached hydrogen (secondary N) is 2. The Morgan fingerprint density at radius 1 is 1.10 bits per heavy atom. The van der Waals surface area contributed by atoms with Crippen LogP contribution in [0, 0.1) is 0 Å². The molecule has 6 N–H and O–H groups in total.